The highest BCUT2D eigenvalue weighted by molar-refractivity contribution is 5.89. The maximum atomic E-state index is 12.0. The second-order valence-corrected chi connectivity index (χ2v) is 6.26. The van der Waals surface area contributed by atoms with Gasteiger partial charge in [0.2, 0.25) is 0 Å². The molecule has 0 saturated heterocycles. The monoisotopic (exact) mass is 310 g/mol. The molecule has 2 N–H and O–H groups in total. The summed E-state index contributed by atoms with van der Waals surface area (Å²) in [4.78, 5) is 32.7. The van der Waals surface area contributed by atoms with Gasteiger partial charge in [0.25, 0.3) is 0 Å². The number of hydrogen-bond acceptors (Lipinski definition) is 6. The van der Waals surface area contributed by atoms with Crippen molar-refractivity contribution in [3.05, 3.63) is 35.9 Å². The zero-order chi connectivity index (χ0) is 16.8. The van der Waals surface area contributed by atoms with Gasteiger partial charge in [-0.15, -0.1) is 0 Å². The summed E-state index contributed by atoms with van der Waals surface area (Å²) in [7, 11) is 0. The highest BCUT2D eigenvalue weighted by Crippen LogP contribution is 2.27. The Morgan fingerprint density at radius 1 is 1.14 bits per heavy atom. The van der Waals surface area contributed by atoms with Crippen LogP contribution in [0.3, 0.4) is 0 Å². The number of aliphatic hydroxyl groups is 2. The number of carbonyl (C=O) groups is 2. The van der Waals surface area contributed by atoms with Gasteiger partial charge in [0.1, 0.15) is 0 Å². The standard InChI is InChI=1S/C16H22O6/c1-16(2,3)9-12(13(18)10-17)15(20)22-21-14(19)11-7-5-4-6-8-11/h4-8,12-13,17-18H,9-10H2,1-3H3. The zero-order valence-corrected chi connectivity index (χ0v) is 13.0. The summed E-state index contributed by atoms with van der Waals surface area (Å²) in [5.74, 6) is -2.67. The fourth-order valence-electron chi connectivity index (χ4n) is 1.93. The molecule has 0 fully saturated rings. The number of aliphatic hydroxyl groups excluding tert-OH is 2. The van der Waals surface area contributed by atoms with Crippen LogP contribution in [-0.2, 0) is 14.6 Å². The van der Waals surface area contributed by atoms with Crippen molar-refractivity contribution in [1.82, 2.24) is 0 Å². The molecule has 0 aliphatic rings. The smallest absolute Gasteiger partial charge is 0.386 e. The van der Waals surface area contributed by atoms with E-state index in [2.05, 4.69) is 9.78 Å². The van der Waals surface area contributed by atoms with Crippen LogP contribution in [0.15, 0.2) is 30.3 Å². The third kappa shape index (κ3) is 5.83. The first kappa shape index (κ1) is 18.1. The summed E-state index contributed by atoms with van der Waals surface area (Å²) >= 11 is 0. The van der Waals surface area contributed by atoms with Crippen molar-refractivity contribution < 1.29 is 29.6 Å². The van der Waals surface area contributed by atoms with Crippen molar-refractivity contribution in [3.8, 4) is 0 Å². The van der Waals surface area contributed by atoms with Crippen molar-refractivity contribution in [3.63, 3.8) is 0 Å². The largest absolute Gasteiger partial charge is 0.394 e. The molecular formula is C16H22O6. The van der Waals surface area contributed by atoms with Crippen molar-refractivity contribution >= 4 is 11.9 Å². The molecule has 0 aliphatic heterocycles. The van der Waals surface area contributed by atoms with Gasteiger partial charge in [0, 0.05) is 0 Å². The summed E-state index contributed by atoms with van der Waals surface area (Å²) in [5.41, 5.74) is -0.0334. The Bertz CT molecular complexity index is 491. The third-order valence-electron chi connectivity index (χ3n) is 3.00. The Morgan fingerprint density at radius 3 is 2.23 bits per heavy atom. The average Bonchev–Trinajstić information content (AvgIpc) is 2.49. The molecule has 0 spiro atoms. The number of carbonyl (C=O) groups excluding carboxylic acids is 2. The van der Waals surface area contributed by atoms with E-state index in [0.29, 0.717) is 0 Å². The molecule has 6 nitrogen and oxygen atoms in total. The molecule has 2 unspecified atom stereocenters. The van der Waals surface area contributed by atoms with Crippen molar-refractivity contribution in [1.29, 1.82) is 0 Å². The summed E-state index contributed by atoms with van der Waals surface area (Å²) in [6.45, 7) is 5.07. The van der Waals surface area contributed by atoms with Crippen LogP contribution in [0.5, 0.6) is 0 Å². The van der Waals surface area contributed by atoms with E-state index in [0.717, 1.165) is 0 Å². The predicted molar refractivity (Wildman–Crippen MR) is 78.6 cm³/mol. The molecule has 0 aromatic heterocycles. The molecule has 0 saturated carbocycles. The Morgan fingerprint density at radius 2 is 1.73 bits per heavy atom. The summed E-state index contributed by atoms with van der Waals surface area (Å²) in [6.07, 6.45) is -1.00. The van der Waals surface area contributed by atoms with Crippen LogP contribution in [0.2, 0.25) is 0 Å². The fraction of sp³-hybridized carbons (Fsp3) is 0.500. The molecule has 0 heterocycles. The lowest BCUT2D eigenvalue weighted by Crippen LogP contribution is -2.35. The topological polar surface area (TPSA) is 93.1 Å². The molecule has 1 rings (SSSR count). The van der Waals surface area contributed by atoms with E-state index < -0.39 is 30.6 Å². The molecule has 1 aromatic carbocycles. The Kier molecular flexibility index (Phi) is 6.52. The first-order valence-corrected chi connectivity index (χ1v) is 7.01. The van der Waals surface area contributed by atoms with Crippen LogP contribution in [0.4, 0.5) is 0 Å². The van der Waals surface area contributed by atoms with Gasteiger partial charge in [-0.3, -0.25) is 0 Å². The lowest BCUT2D eigenvalue weighted by Gasteiger charge is -2.26. The number of rotatable bonds is 5. The van der Waals surface area contributed by atoms with E-state index in [1.54, 1.807) is 18.2 Å². The van der Waals surface area contributed by atoms with E-state index in [1.807, 2.05) is 20.8 Å². The minimum atomic E-state index is -1.28. The third-order valence-corrected chi connectivity index (χ3v) is 3.00. The van der Waals surface area contributed by atoms with Crippen LogP contribution in [-0.4, -0.2) is 34.9 Å². The quantitative estimate of drug-likeness (QED) is 0.635. The van der Waals surface area contributed by atoms with E-state index in [4.69, 9.17) is 5.11 Å². The van der Waals surface area contributed by atoms with Gasteiger partial charge in [-0.05, 0) is 24.0 Å². The predicted octanol–water partition coefficient (Wildman–Crippen LogP) is 1.71. The maximum Gasteiger partial charge on any atom is 0.386 e. The molecule has 0 radical (unpaired) electrons. The molecule has 0 amide bonds. The minimum absolute atomic E-state index is 0.241. The second-order valence-electron chi connectivity index (χ2n) is 6.26. The number of benzene rings is 1. The van der Waals surface area contributed by atoms with Gasteiger partial charge in [0.15, 0.2) is 0 Å². The molecule has 122 valence electrons. The lowest BCUT2D eigenvalue weighted by molar-refractivity contribution is -0.242. The zero-order valence-electron chi connectivity index (χ0n) is 13.0. The molecule has 22 heavy (non-hydrogen) atoms. The van der Waals surface area contributed by atoms with Gasteiger partial charge >= 0.3 is 11.9 Å². The normalized spacial score (nSPS) is 14.0. The highest BCUT2D eigenvalue weighted by Gasteiger charge is 2.33. The fourth-order valence-corrected chi connectivity index (χ4v) is 1.93. The Hall–Kier alpha value is -1.92. The first-order valence-electron chi connectivity index (χ1n) is 7.01. The molecule has 0 aliphatic carbocycles. The van der Waals surface area contributed by atoms with Crippen LogP contribution < -0.4 is 0 Å². The molecule has 2 atom stereocenters. The van der Waals surface area contributed by atoms with Crippen molar-refractivity contribution in [2.45, 2.75) is 33.3 Å². The molecule has 0 bridgehead atoms. The molecular weight excluding hydrogens is 288 g/mol. The van der Waals surface area contributed by atoms with Gasteiger partial charge in [0.05, 0.1) is 24.2 Å². The van der Waals surface area contributed by atoms with Gasteiger partial charge in [-0.1, -0.05) is 39.0 Å². The van der Waals surface area contributed by atoms with Crippen LogP contribution >= 0.6 is 0 Å². The van der Waals surface area contributed by atoms with E-state index in [1.165, 1.54) is 12.1 Å². The van der Waals surface area contributed by atoms with E-state index in [-0.39, 0.29) is 17.4 Å². The van der Waals surface area contributed by atoms with E-state index >= 15 is 0 Å². The minimum Gasteiger partial charge on any atom is -0.394 e. The second kappa shape index (κ2) is 7.91. The Labute approximate surface area is 129 Å². The van der Waals surface area contributed by atoms with Crippen LogP contribution in [0.1, 0.15) is 37.6 Å². The van der Waals surface area contributed by atoms with Gasteiger partial charge in [-0.2, -0.15) is 0 Å². The van der Waals surface area contributed by atoms with Crippen LogP contribution in [0.25, 0.3) is 0 Å². The van der Waals surface area contributed by atoms with Crippen LogP contribution in [0, 0.1) is 11.3 Å². The SMILES string of the molecule is CC(C)(C)CC(C(=O)OOC(=O)c1ccccc1)C(O)CO. The summed E-state index contributed by atoms with van der Waals surface area (Å²) in [6, 6.07) is 8.07. The summed E-state index contributed by atoms with van der Waals surface area (Å²) < 4.78 is 0. The highest BCUT2D eigenvalue weighted by atomic mass is 17.2. The molecule has 6 heteroatoms. The summed E-state index contributed by atoms with van der Waals surface area (Å²) in [5, 5.41) is 18.8. The molecule has 1 aromatic rings. The van der Waals surface area contributed by atoms with Gasteiger partial charge < -0.3 is 10.2 Å². The first-order chi connectivity index (χ1) is 10.2. The van der Waals surface area contributed by atoms with E-state index in [9.17, 15) is 14.7 Å². The average molecular weight is 310 g/mol. The number of hydrogen-bond donors (Lipinski definition) is 2. The Balaban J connectivity index is 2.65. The van der Waals surface area contributed by atoms with Crippen molar-refractivity contribution in [2.75, 3.05) is 6.61 Å². The van der Waals surface area contributed by atoms with Gasteiger partial charge in [-0.25, -0.2) is 19.4 Å². The maximum absolute atomic E-state index is 12.0. The van der Waals surface area contributed by atoms with Crippen molar-refractivity contribution in [2.24, 2.45) is 11.3 Å². The lowest BCUT2D eigenvalue weighted by atomic mass is 9.82.